The molecule has 2 heterocycles. The molecule has 0 radical (unpaired) electrons. The predicted molar refractivity (Wildman–Crippen MR) is 61.7 cm³/mol. The summed E-state index contributed by atoms with van der Waals surface area (Å²) in [6, 6.07) is 0. The first kappa shape index (κ1) is 12.2. The molecule has 2 aliphatic rings. The number of carbonyl (C=O) groups excluding carboxylic acids is 1. The number of carbonyl (C=O) groups is 1. The van der Waals surface area contributed by atoms with Gasteiger partial charge in [-0.1, -0.05) is 5.16 Å². The first-order chi connectivity index (χ1) is 8.20. The molecule has 0 aromatic carbocycles. The van der Waals surface area contributed by atoms with Gasteiger partial charge in [0.1, 0.15) is 5.41 Å². The molecule has 6 heteroatoms. The molecular formula is C11H19N3O3. The molecule has 0 aliphatic carbocycles. The van der Waals surface area contributed by atoms with Gasteiger partial charge in [-0.3, -0.25) is 4.79 Å². The van der Waals surface area contributed by atoms with Gasteiger partial charge in [0.2, 0.25) is 5.91 Å². The van der Waals surface area contributed by atoms with Crippen LogP contribution in [0.25, 0.3) is 0 Å². The number of rotatable bonds is 2. The van der Waals surface area contributed by atoms with Gasteiger partial charge in [-0.15, -0.1) is 0 Å². The zero-order valence-electron chi connectivity index (χ0n) is 9.89. The Morgan fingerprint density at radius 3 is 2.41 bits per heavy atom. The summed E-state index contributed by atoms with van der Waals surface area (Å²) in [7, 11) is 0. The fourth-order valence-corrected chi connectivity index (χ4v) is 2.62. The van der Waals surface area contributed by atoms with Crippen molar-refractivity contribution >= 4 is 11.7 Å². The minimum atomic E-state index is -0.850. The van der Waals surface area contributed by atoms with Crippen LogP contribution in [0.15, 0.2) is 5.16 Å². The lowest BCUT2D eigenvalue weighted by Gasteiger charge is -2.37. The van der Waals surface area contributed by atoms with E-state index in [-0.39, 0.29) is 11.7 Å². The highest BCUT2D eigenvalue weighted by Crippen LogP contribution is 2.34. The summed E-state index contributed by atoms with van der Waals surface area (Å²) in [5.41, 5.74) is 4.90. The third-order valence-electron chi connectivity index (χ3n) is 3.75. The van der Waals surface area contributed by atoms with Crippen molar-refractivity contribution < 1.29 is 14.7 Å². The highest BCUT2D eigenvalue weighted by atomic mass is 16.5. The topological polar surface area (TPSA) is 88.2 Å². The second-order valence-corrected chi connectivity index (χ2v) is 4.68. The molecule has 0 saturated carbocycles. The lowest BCUT2D eigenvalue weighted by Crippen LogP contribution is -2.53. The average Bonchev–Trinajstić information content (AvgIpc) is 2.91. The van der Waals surface area contributed by atoms with Gasteiger partial charge in [0.05, 0.1) is 0 Å². The molecule has 17 heavy (non-hydrogen) atoms. The molecule has 1 amide bonds. The lowest BCUT2D eigenvalue weighted by atomic mass is 9.77. The number of likely N-dealkylation sites (tertiary alicyclic amines) is 1. The lowest BCUT2D eigenvalue weighted by molar-refractivity contribution is -0.141. The second kappa shape index (κ2) is 4.91. The fraction of sp³-hybridized carbons (Fsp3) is 0.818. The van der Waals surface area contributed by atoms with E-state index in [1.54, 1.807) is 0 Å². The van der Waals surface area contributed by atoms with Gasteiger partial charge in [0.15, 0.2) is 5.84 Å². The number of nitrogens with two attached hydrogens (primary N) is 1. The molecule has 2 aliphatic heterocycles. The van der Waals surface area contributed by atoms with Crippen LogP contribution in [0.4, 0.5) is 0 Å². The highest BCUT2D eigenvalue weighted by molar-refractivity contribution is 6.06. The number of amides is 1. The smallest absolute Gasteiger partial charge is 0.236 e. The van der Waals surface area contributed by atoms with Crippen LogP contribution in [0.2, 0.25) is 0 Å². The monoisotopic (exact) mass is 241 g/mol. The Morgan fingerprint density at radius 1 is 1.29 bits per heavy atom. The van der Waals surface area contributed by atoms with Gasteiger partial charge in [-0.2, -0.15) is 0 Å². The second-order valence-electron chi connectivity index (χ2n) is 4.68. The third kappa shape index (κ3) is 2.09. The molecule has 2 rings (SSSR count). The van der Waals surface area contributed by atoms with E-state index in [1.807, 2.05) is 4.90 Å². The number of ether oxygens (including phenoxy) is 1. The van der Waals surface area contributed by atoms with Crippen LogP contribution >= 0.6 is 0 Å². The van der Waals surface area contributed by atoms with Gasteiger partial charge in [0, 0.05) is 26.3 Å². The van der Waals surface area contributed by atoms with E-state index in [9.17, 15) is 4.79 Å². The number of oxime groups is 1. The minimum Gasteiger partial charge on any atom is -0.409 e. The molecule has 6 nitrogen and oxygen atoms in total. The Labute approximate surface area is 100 Å². The Hall–Kier alpha value is -1.30. The highest BCUT2D eigenvalue weighted by Gasteiger charge is 2.47. The fourth-order valence-electron chi connectivity index (χ4n) is 2.62. The summed E-state index contributed by atoms with van der Waals surface area (Å²) in [5.74, 6) is 0.0197. The van der Waals surface area contributed by atoms with Crippen molar-refractivity contribution in [2.45, 2.75) is 25.7 Å². The number of amidine groups is 1. The predicted octanol–water partition coefficient (Wildman–Crippen LogP) is 0.152. The van der Waals surface area contributed by atoms with Gasteiger partial charge in [0.25, 0.3) is 0 Å². The van der Waals surface area contributed by atoms with Crippen LogP contribution in [0.3, 0.4) is 0 Å². The van der Waals surface area contributed by atoms with E-state index in [2.05, 4.69) is 5.16 Å². The van der Waals surface area contributed by atoms with Crippen LogP contribution < -0.4 is 5.73 Å². The number of hydrogen-bond acceptors (Lipinski definition) is 4. The van der Waals surface area contributed by atoms with Gasteiger partial charge in [-0.25, -0.2) is 0 Å². The largest absolute Gasteiger partial charge is 0.409 e. The SMILES string of the molecule is NC(=NO)C1(C(=O)N2CCCC2)CCOCC1. The first-order valence-corrected chi connectivity index (χ1v) is 6.06. The summed E-state index contributed by atoms with van der Waals surface area (Å²) >= 11 is 0. The standard InChI is InChI=1S/C11H19N3O3/c12-9(13-16)11(3-7-17-8-4-11)10(15)14-5-1-2-6-14/h16H,1-8H2,(H2,12,13). The van der Waals surface area contributed by atoms with Crippen molar-refractivity contribution in [2.24, 2.45) is 16.3 Å². The molecule has 2 saturated heterocycles. The molecule has 0 bridgehead atoms. The maximum absolute atomic E-state index is 12.5. The maximum Gasteiger partial charge on any atom is 0.236 e. The molecule has 96 valence electrons. The van der Waals surface area contributed by atoms with E-state index < -0.39 is 5.41 Å². The van der Waals surface area contributed by atoms with E-state index >= 15 is 0 Å². The zero-order valence-corrected chi connectivity index (χ0v) is 9.89. The Balaban J connectivity index is 2.22. The zero-order chi connectivity index (χ0) is 12.3. The third-order valence-corrected chi connectivity index (χ3v) is 3.75. The van der Waals surface area contributed by atoms with E-state index in [1.165, 1.54) is 0 Å². The van der Waals surface area contributed by atoms with Crippen molar-refractivity contribution in [1.82, 2.24) is 4.90 Å². The molecule has 0 aromatic rings. The van der Waals surface area contributed by atoms with Gasteiger partial charge >= 0.3 is 0 Å². The average molecular weight is 241 g/mol. The summed E-state index contributed by atoms with van der Waals surface area (Å²) in [5, 5.41) is 12.0. The van der Waals surface area contributed by atoms with Crippen LogP contribution in [0.5, 0.6) is 0 Å². The normalized spacial score (nSPS) is 24.9. The van der Waals surface area contributed by atoms with Crippen molar-refractivity contribution in [1.29, 1.82) is 0 Å². The number of nitrogens with zero attached hydrogens (tertiary/aromatic N) is 2. The quantitative estimate of drug-likeness (QED) is 0.312. The number of hydrogen-bond donors (Lipinski definition) is 2. The Bertz CT molecular complexity index is 318. The Morgan fingerprint density at radius 2 is 1.88 bits per heavy atom. The van der Waals surface area contributed by atoms with Gasteiger partial charge in [-0.05, 0) is 25.7 Å². The van der Waals surface area contributed by atoms with E-state index in [0.29, 0.717) is 26.1 Å². The summed E-state index contributed by atoms with van der Waals surface area (Å²) in [6.45, 7) is 2.52. The van der Waals surface area contributed by atoms with Crippen LogP contribution in [-0.4, -0.2) is 48.2 Å². The van der Waals surface area contributed by atoms with Crippen LogP contribution in [0, 0.1) is 5.41 Å². The molecule has 0 unspecified atom stereocenters. The van der Waals surface area contributed by atoms with Gasteiger partial charge < -0.3 is 20.6 Å². The molecular weight excluding hydrogens is 222 g/mol. The summed E-state index contributed by atoms with van der Waals surface area (Å²) in [4.78, 5) is 14.3. The molecule has 2 fully saturated rings. The first-order valence-electron chi connectivity index (χ1n) is 6.06. The van der Waals surface area contributed by atoms with Crippen molar-refractivity contribution in [2.75, 3.05) is 26.3 Å². The molecule has 0 aromatic heterocycles. The van der Waals surface area contributed by atoms with Crippen molar-refractivity contribution in [3.8, 4) is 0 Å². The van der Waals surface area contributed by atoms with Crippen molar-refractivity contribution in [3.63, 3.8) is 0 Å². The molecule has 0 atom stereocenters. The molecule has 0 spiro atoms. The van der Waals surface area contributed by atoms with E-state index in [0.717, 1.165) is 25.9 Å². The summed E-state index contributed by atoms with van der Waals surface area (Å²) < 4.78 is 5.27. The Kier molecular flexibility index (Phi) is 3.51. The summed E-state index contributed by atoms with van der Waals surface area (Å²) in [6.07, 6.45) is 3.07. The maximum atomic E-state index is 12.5. The minimum absolute atomic E-state index is 0.00593. The van der Waals surface area contributed by atoms with Crippen molar-refractivity contribution in [3.05, 3.63) is 0 Å². The van der Waals surface area contributed by atoms with E-state index in [4.69, 9.17) is 15.7 Å². The van der Waals surface area contributed by atoms with Crippen LogP contribution in [-0.2, 0) is 9.53 Å². The molecule has 3 N–H and O–H groups in total. The van der Waals surface area contributed by atoms with Crippen LogP contribution in [0.1, 0.15) is 25.7 Å².